The summed E-state index contributed by atoms with van der Waals surface area (Å²) in [4.78, 5) is 12.6. The number of unbranched alkanes of at least 4 members (excludes halogenated alkanes) is 9. The maximum Gasteiger partial charge on any atom is 0.346 e. The van der Waals surface area contributed by atoms with Crippen LogP contribution in [0.4, 0.5) is 8.78 Å². The van der Waals surface area contributed by atoms with Crippen LogP contribution in [0.2, 0.25) is 0 Å². The molecule has 1 aliphatic rings. The molecule has 0 bridgehead atoms. The van der Waals surface area contributed by atoms with Crippen LogP contribution in [0.5, 0.6) is 11.5 Å². The van der Waals surface area contributed by atoms with Gasteiger partial charge in [-0.1, -0.05) is 109 Å². The molecule has 5 heteroatoms. The molecule has 2 aromatic carbocycles. The molecule has 0 unspecified atom stereocenters. The van der Waals surface area contributed by atoms with Crippen LogP contribution in [0.25, 0.3) is 0 Å². The SMILES string of the molecule is CCCCCCCCCCCCOc1ccc(C(=O)Oc2ccc(CCC=C[C@H]3CC[C@H](CCC)CC3)cc2)c(F)c1F. The van der Waals surface area contributed by atoms with Crippen LogP contribution in [0.3, 0.4) is 0 Å². The number of carbonyl (C=O) groups is 1. The summed E-state index contributed by atoms with van der Waals surface area (Å²) >= 11 is 0. The van der Waals surface area contributed by atoms with E-state index in [1.54, 1.807) is 12.1 Å². The first-order valence-electron chi connectivity index (χ1n) is 17.1. The molecule has 0 aliphatic heterocycles. The van der Waals surface area contributed by atoms with Gasteiger partial charge in [0.1, 0.15) is 5.75 Å². The minimum absolute atomic E-state index is 0.174. The van der Waals surface area contributed by atoms with Crippen molar-refractivity contribution in [3.8, 4) is 11.5 Å². The number of aryl methyl sites for hydroxylation is 1. The molecule has 238 valence electrons. The third-order valence-electron chi connectivity index (χ3n) is 8.75. The molecule has 0 atom stereocenters. The Morgan fingerprint density at radius 3 is 2.09 bits per heavy atom. The summed E-state index contributed by atoms with van der Waals surface area (Å²) in [5, 5.41) is 0. The van der Waals surface area contributed by atoms with E-state index in [1.807, 2.05) is 12.1 Å². The van der Waals surface area contributed by atoms with E-state index in [-0.39, 0.29) is 5.75 Å². The molecule has 1 saturated carbocycles. The molecule has 2 aromatic rings. The van der Waals surface area contributed by atoms with E-state index in [0.717, 1.165) is 43.6 Å². The predicted octanol–water partition coefficient (Wildman–Crippen LogP) is 11.6. The molecular formula is C38H54F2O3. The molecule has 43 heavy (non-hydrogen) atoms. The first-order chi connectivity index (χ1) is 21.0. The van der Waals surface area contributed by atoms with Gasteiger partial charge in [0.25, 0.3) is 0 Å². The van der Waals surface area contributed by atoms with Gasteiger partial charge < -0.3 is 9.47 Å². The second kappa shape index (κ2) is 20.3. The van der Waals surface area contributed by atoms with Gasteiger partial charge in [-0.05, 0) is 86.6 Å². The number of rotatable bonds is 20. The summed E-state index contributed by atoms with van der Waals surface area (Å²) in [5.74, 6) is -1.56. The van der Waals surface area contributed by atoms with Crippen LogP contribution in [-0.2, 0) is 6.42 Å². The zero-order chi connectivity index (χ0) is 30.7. The first kappa shape index (κ1) is 34.8. The Balaban J connectivity index is 1.35. The highest BCUT2D eigenvalue weighted by Gasteiger charge is 2.21. The van der Waals surface area contributed by atoms with Gasteiger partial charge in [0.05, 0.1) is 12.2 Å². The minimum atomic E-state index is -1.24. The highest BCUT2D eigenvalue weighted by atomic mass is 19.2. The lowest BCUT2D eigenvalue weighted by molar-refractivity contribution is 0.0728. The fraction of sp³-hybridized carbons (Fsp3) is 0.605. The lowest BCUT2D eigenvalue weighted by Crippen LogP contribution is -2.13. The summed E-state index contributed by atoms with van der Waals surface area (Å²) in [6, 6.07) is 9.75. The van der Waals surface area contributed by atoms with Crippen LogP contribution < -0.4 is 9.47 Å². The van der Waals surface area contributed by atoms with Crippen LogP contribution in [0, 0.1) is 23.5 Å². The third-order valence-corrected chi connectivity index (χ3v) is 8.75. The monoisotopic (exact) mass is 596 g/mol. The number of halogens is 2. The first-order valence-corrected chi connectivity index (χ1v) is 17.1. The van der Waals surface area contributed by atoms with E-state index in [0.29, 0.717) is 18.3 Å². The molecule has 0 spiro atoms. The summed E-state index contributed by atoms with van der Waals surface area (Å²) in [7, 11) is 0. The van der Waals surface area contributed by atoms with E-state index in [9.17, 15) is 13.6 Å². The molecule has 3 nitrogen and oxygen atoms in total. The van der Waals surface area contributed by atoms with Gasteiger partial charge in [-0.15, -0.1) is 0 Å². The number of esters is 1. The topological polar surface area (TPSA) is 35.5 Å². The van der Waals surface area contributed by atoms with Gasteiger partial charge in [0, 0.05) is 0 Å². The van der Waals surface area contributed by atoms with E-state index in [1.165, 1.54) is 95.6 Å². The zero-order valence-electron chi connectivity index (χ0n) is 26.7. The van der Waals surface area contributed by atoms with Gasteiger partial charge in [-0.2, -0.15) is 4.39 Å². The quantitative estimate of drug-likeness (QED) is 0.0660. The smallest absolute Gasteiger partial charge is 0.346 e. The fourth-order valence-electron chi connectivity index (χ4n) is 6.07. The molecule has 0 aromatic heterocycles. The maximum absolute atomic E-state index is 14.7. The van der Waals surface area contributed by atoms with Crippen molar-refractivity contribution in [2.75, 3.05) is 6.61 Å². The summed E-state index contributed by atoms with van der Waals surface area (Å²) < 4.78 is 40.1. The molecule has 0 saturated heterocycles. The van der Waals surface area contributed by atoms with Gasteiger partial charge in [0.15, 0.2) is 11.6 Å². The third kappa shape index (κ3) is 12.8. The van der Waals surface area contributed by atoms with Crippen LogP contribution >= 0.6 is 0 Å². The van der Waals surface area contributed by atoms with Crippen molar-refractivity contribution in [1.29, 1.82) is 0 Å². The Morgan fingerprint density at radius 2 is 1.44 bits per heavy atom. The lowest BCUT2D eigenvalue weighted by atomic mass is 9.80. The van der Waals surface area contributed by atoms with Crippen molar-refractivity contribution < 1.29 is 23.0 Å². The van der Waals surface area contributed by atoms with Gasteiger partial charge in [-0.25, -0.2) is 9.18 Å². The molecule has 3 rings (SSSR count). The average molecular weight is 597 g/mol. The average Bonchev–Trinajstić information content (AvgIpc) is 3.02. The van der Waals surface area contributed by atoms with E-state index >= 15 is 0 Å². The number of allylic oxidation sites excluding steroid dienone is 2. The highest BCUT2D eigenvalue weighted by Crippen LogP contribution is 2.32. The Morgan fingerprint density at radius 1 is 0.791 bits per heavy atom. The largest absolute Gasteiger partial charge is 0.490 e. The van der Waals surface area contributed by atoms with Crippen LogP contribution in [0.1, 0.15) is 139 Å². The van der Waals surface area contributed by atoms with E-state index in [2.05, 4.69) is 26.0 Å². The standard InChI is InChI=1S/C38H54F2O3/c1-3-5-6-7-8-9-10-11-12-15-29-42-35-28-27-34(36(39)37(35)40)38(41)43-33-25-23-32(24-26-33)18-14-13-17-31-21-19-30(16-4-2)20-22-31/h13,17,23-28,30-31H,3-12,14-16,18-22,29H2,1-2H3/t30-,31-. The van der Waals surface area contributed by atoms with Crippen molar-refractivity contribution >= 4 is 5.97 Å². The van der Waals surface area contributed by atoms with E-state index in [4.69, 9.17) is 9.47 Å². The van der Waals surface area contributed by atoms with Gasteiger partial charge in [0.2, 0.25) is 5.82 Å². The Labute approximate surface area is 259 Å². The number of carbonyl (C=O) groups excluding carboxylic acids is 1. The summed E-state index contributed by atoms with van der Waals surface area (Å²) in [5.41, 5.74) is 0.693. The van der Waals surface area contributed by atoms with Crippen molar-refractivity contribution in [1.82, 2.24) is 0 Å². The summed E-state index contributed by atoms with van der Waals surface area (Å²) in [6.07, 6.45) is 26.4. The van der Waals surface area contributed by atoms with Crippen LogP contribution in [-0.4, -0.2) is 12.6 Å². The van der Waals surface area contributed by atoms with Crippen molar-refractivity contribution in [2.24, 2.45) is 11.8 Å². The second-order valence-corrected chi connectivity index (χ2v) is 12.3. The van der Waals surface area contributed by atoms with Crippen molar-refractivity contribution in [3.63, 3.8) is 0 Å². The number of benzene rings is 2. The molecule has 0 N–H and O–H groups in total. The molecule has 0 amide bonds. The fourth-order valence-corrected chi connectivity index (χ4v) is 6.07. The molecule has 0 heterocycles. The Bertz CT molecular complexity index is 1090. The molecular weight excluding hydrogens is 542 g/mol. The second-order valence-electron chi connectivity index (χ2n) is 12.3. The highest BCUT2D eigenvalue weighted by molar-refractivity contribution is 5.91. The van der Waals surface area contributed by atoms with E-state index < -0.39 is 23.2 Å². The maximum atomic E-state index is 14.7. The number of ether oxygens (including phenoxy) is 2. The summed E-state index contributed by atoms with van der Waals surface area (Å²) in [6.45, 7) is 4.82. The Kier molecular flexibility index (Phi) is 16.4. The normalized spacial score (nSPS) is 16.9. The predicted molar refractivity (Wildman–Crippen MR) is 173 cm³/mol. The number of hydrogen-bond acceptors (Lipinski definition) is 3. The zero-order valence-corrected chi connectivity index (χ0v) is 26.7. The molecule has 1 fully saturated rings. The van der Waals surface area contributed by atoms with Crippen molar-refractivity contribution in [2.45, 2.75) is 129 Å². The molecule has 0 radical (unpaired) electrons. The van der Waals surface area contributed by atoms with Gasteiger partial charge >= 0.3 is 5.97 Å². The van der Waals surface area contributed by atoms with Gasteiger partial charge in [-0.3, -0.25) is 0 Å². The molecule has 1 aliphatic carbocycles. The van der Waals surface area contributed by atoms with Crippen LogP contribution in [0.15, 0.2) is 48.6 Å². The van der Waals surface area contributed by atoms with Crippen molar-refractivity contribution in [3.05, 3.63) is 71.3 Å². The number of hydrogen-bond donors (Lipinski definition) is 0. The minimum Gasteiger partial charge on any atom is -0.490 e. The Hall–Kier alpha value is -2.69. The lowest BCUT2D eigenvalue weighted by Gasteiger charge is -2.26.